The molecule has 8 nitrogen and oxygen atoms in total. The van der Waals surface area contributed by atoms with Gasteiger partial charge < -0.3 is 10.1 Å². The number of esters is 1. The van der Waals surface area contributed by atoms with Gasteiger partial charge in [0.15, 0.2) is 6.61 Å². The van der Waals surface area contributed by atoms with Crippen molar-refractivity contribution >= 4 is 45.8 Å². The number of carbonyl (C=O) groups excluding carboxylic acids is 2. The third kappa shape index (κ3) is 5.61. The van der Waals surface area contributed by atoms with Gasteiger partial charge in [-0.2, -0.15) is 0 Å². The Labute approximate surface area is 231 Å². The molecule has 3 aromatic carbocycles. The third-order valence-corrected chi connectivity index (χ3v) is 6.99. The van der Waals surface area contributed by atoms with E-state index >= 15 is 0 Å². The summed E-state index contributed by atoms with van der Waals surface area (Å²) in [5.74, 6) is -0.781. The maximum atomic E-state index is 13.5. The van der Waals surface area contributed by atoms with Gasteiger partial charge in [0.2, 0.25) is 0 Å². The van der Waals surface area contributed by atoms with E-state index < -0.39 is 23.4 Å². The maximum absolute atomic E-state index is 13.5. The molecular weight excluding hydrogens is 506 g/mol. The van der Waals surface area contributed by atoms with Crippen molar-refractivity contribution in [3.63, 3.8) is 0 Å². The molecule has 5 rings (SSSR count). The molecule has 0 saturated carbocycles. The third-order valence-electron chi connectivity index (χ3n) is 6.99. The molecule has 0 bridgehead atoms. The van der Waals surface area contributed by atoms with Crippen LogP contribution in [0.25, 0.3) is 22.6 Å². The Morgan fingerprint density at radius 3 is 2.62 bits per heavy atom. The monoisotopic (exact) mass is 535 g/mol. The normalized spacial score (nSPS) is 13.7. The maximum Gasteiger partial charge on any atom is 0.339 e. The molecule has 0 unspecified atom stereocenters. The number of nitrogens with zero attached hydrogens (tertiary/aromatic N) is 2. The number of aromatic nitrogens is 1. The lowest BCUT2D eigenvalue weighted by atomic mass is 9.86. The van der Waals surface area contributed by atoms with Crippen LogP contribution in [0.5, 0.6) is 0 Å². The highest BCUT2D eigenvalue weighted by Crippen LogP contribution is 2.36. The van der Waals surface area contributed by atoms with Crippen LogP contribution in [0.1, 0.15) is 65.3 Å². The van der Waals surface area contributed by atoms with Crippen LogP contribution in [0.4, 0.5) is 11.4 Å². The Morgan fingerprint density at radius 2 is 1.82 bits per heavy atom. The first-order valence-corrected chi connectivity index (χ1v) is 13.2. The lowest BCUT2D eigenvalue weighted by molar-refractivity contribution is -0.384. The summed E-state index contributed by atoms with van der Waals surface area (Å²) in [6.07, 6.45) is 4.01. The molecule has 1 aromatic heterocycles. The van der Waals surface area contributed by atoms with E-state index in [2.05, 4.69) is 5.32 Å². The van der Waals surface area contributed by atoms with E-state index in [0.717, 1.165) is 23.1 Å². The number of benzene rings is 3. The van der Waals surface area contributed by atoms with E-state index in [1.165, 1.54) is 12.1 Å². The summed E-state index contributed by atoms with van der Waals surface area (Å²) in [6.45, 7) is 3.67. The van der Waals surface area contributed by atoms with Crippen LogP contribution in [0, 0.1) is 10.1 Å². The summed E-state index contributed by atoms with van der Waals surface area (Å²) in [6, 6.07) is 21.3. The lowest BCUT2D eigenvalue weighted by Gasteiger charge is -2.22. The molecule has 1 amide bonds. The number of nitro benzene ring substituents is 1. The molecule has 0 atom stereocenters. The van der Waals surface area contributed by atoms with E-state index in [9.17, 15) is 19.7 Å². The molecule has 0 fully saturated rings. The van der Waals surface area contributed by atoms with Crippen molar-refractivity contribution in [3.05, 3.63) is 111 Å². The summed E-state index contributed by atoms with van der Waals surface area (Å²) in [4.78, 5) is 42.0. The van der Waals surface area contributed by atoms with Crippen LogP contribution in [0.3, 0.4) is 0 Å². The summed E-state index contributed by atoms with van der Waals surface area (Å²) >= 11 is 0. The standard InChI is InChI=1S/C32H29N3O5/c1-20(2)24-12-3-5-15-27(24)33-29(36)19-40-32(37)30-25-13-4-6-16-28(25)34-31-22(10-8-14-26(30)31)17-21-9-7-11-23(18-21)35(38)39/h3-7,9,11-13,15-18,20H,8,10,14,19H2,1-2H3,(H,33,36)/b22-17+. The Bertz CT molecular complexity index is 1660. The minimum atomic E-state index is -0.584. The molecule has 1 N–H and O–H groups in total. The molecule has 0 saturated heterocycles. The van der Waals surface area contributed by atoms with E-state index in [0.29, 0.717) is 46.3 Å². The largest absolute Gasteiger partial charge is 0.452 e. The van der Waals surface area contributed by atoms with Gasteiger partial charge in [0.05, 0.1) is 21.7 Å². The van der Waals surface area contributed by atoms with E-state index in [-0.39, 0.29) is 11.6 Å². The van der Waals surface area contributed by atoms with Crippen molar-refractivity contribution < 1.29 is 19.2 Å². The molecule has 202 valence electrons. The fraction of sp³-hybridized carbons (Fsp3) is 0.219. The molecule has 8 heteroatoms. The molecule has 1 heterocycles. The number of hydrogen-bond donors (Lipinski definition) is 1. The molecule has 1 aliphatic rings. The number of fused-ring (bicyclic) bond motifs is 2. The minimum absolute atomic E-state index is 0.00964. The van der Waals surface area contributed by atoms with Gasteiger partial charge >= 0.3 is 5.97 Å². The van der Waals surface area contributed by atoms with Crippen LogP contribution in [-0.2, 0) is 16.0 Å². The van der Waals surface area contributed by atoms with Gasteiger partial charge in [0.1, 0.15) is 0 Å². The van der Waals surface area contributed by atoms with Crippen LogP contribution in [-0.4, -0.2) is 28.4 Å². The number of hydrogen-bond acceptors (Lipinski definition) is 6. The van der Waals surface area contributed by atoms with Gasteiger partial charge in [0.25, 0.3) is 11.6 Å². The number of rotatable bonds is 7. The molecule has 40 heavy (non-hydrogen) atoms. The Kier molecular flexibility index (Phi) is 7.68. The van der Waals surface area contributed by atoms with Gasteiger partial charge in [-0.3, -0.25) is 14.9 Å². The van der Waals surface area contributed by atoms with Crippen LogP contribution < -0.4 is 5.32 Å². The van der Waals surface area contributed by atoms with Crippen molar-refractivity contribution in [1.82, 2.24) is 4.98 Å². The highest BCUT2D eigenvalue weighted by molar-refractivity contribution is 6.07. The average molecular weight is 536 g/mol. The number of pyridine rings is 1. The topological polar surface area (TPSA) is 111 Å². The number of nitro groups is 1. The first kappa shape index (κ1) is 26.7. The van der Waals surface area contributed by atoms with Crippen LogP contribution >= 0.6 is 0 Å². The Hall–Kier alpha value is -4.85. The fourth-order valence-corrected chi connectivity index (χ4v) is 5.14. The summed E-state index contributed by atoms with van der Waals surface area (Å²) in [7, 11) is 0. The molecule has 0 aliphatic heterocycles. The zero-order valence-corrected chi connectivity index (χ0v) is 22.3. The van der Waals surface area contributed by atoms with Crippen molar-refractivity contribution in [1.29, 1.82) is 0 Å². The summed E-state index contributed by atoms with van der Waals surface area (Å²) in [5, 5.41) is 14.8. The number of amides is 1. The van der Waals surface area contributed by atoms with Crippen LogP contribution in [0.2, 0.25) is 0 Å². The number of ether oxygens (including phenoxy) is 1. The summed E-state index contributed by atoms with van der Waals surface area (Å²) in [5.41, 5.74) is 5.77. The number of allylic oxidation sites excluding steroid dienone is 1. The predicted molar refractivity (Wildman–Crippen MR) is 155 cm³/mol. The van der Waals surface area contributed by atoms with Gasteiger partial charge in [0, 0.05) is 23.2 Å². The van der Waals surface area contributed by atoms with E-state index in [1.807, 2.05) is 68.5 Å². The number of carbonyl (C=O) groups is 2. The lowest BCUT2D eigenvalue weighted by Crippen LogP contribution is -2.23. The number of para-hydroxylation sites is 2. The quantitative estimate of drug-likeness (QED) is 0.156. The SMILES string of the molecule is CC(C)c1ccccc1NC(=O)COC(=O)c1c2c(nc3ccccc13)/C(=C/c1cccc([N+](=O)[O-])c1)CCC2. The second-order valence-electron chi connectivity index (χ2n) is 10.1. The smallest absolute Gasteiger partial charge is 0.339 e. The Balaban J connectivity index is 1.46. The van der Waals surface area contributed by atoms with Crippen molar-refractivity contribution in [2.24, 2.45) is 0 Å². The number of anilines is 1. The molecular formula is C32H29N3O5. The van der Waals surface area contributed by atoms with Crippen LogP contribution in [0.15, 0.2) is 72.8 Å². The van der Waals surface area contributed by atoms with Crippen molar-refractivity contribution in [3.8, 4) is 0 Å². The summed E-state index contributed by atoms with van der Waals surface area (Å²) < 4.78 is 5.56. The van der Waals surface area contributed by atoms with Gasteiger partial charge in [-0.05, 0) is 65.7 Å². The predicted octanol–water partition coefficient (Wildman–Crippen LogP) is 6.94. The molecule has 0 radical (unpaired) electrons. The van der Waals surface area contributed by atoms with E-state index in [1.54, 1.807) is 12.1 Å². The first-order chi connectivity index (χ1) is 19.3. The second-order valence-corrected chi connectivity index (χ2v) is 10.1. The van der Waals surface area contributed by atoms with E-state index in [4.69, 9.17) is 9.72 Å². The molecule has 0 spiro atoms. The highest BCUT2D eigenvalue weighted by atomic mass is 16.6. The highest BCUT2D eigenvalue weighted by Gasteiger charge is 2.26. The minimum Gasteiger partial charge on any atom is -0.452 e. The fourth-order valence-electron chi connectivity index (χ4n) is 5.14. The Morgan fingerprint density at radius 1 is 1.05 bits per heavy atom. The van der Waals surface area contributed by atoms with Gasteiger partial charge in [-0.1, -0.05) is 62.4 Å². The number of nitrogens with one attached hydrogen (secondary N) is 1. The molecule has 1 aliphatic carbocycles. The average Bonchev–Trinajstić information content (AvgIpc) is 2.95. The first-order valence-electron chi connectivity index (χ1n) is 13.2. The van der Waals surface area contributed by atoms with Gasteiger partial charge in [-0.25, -0.2) is 9.78 Å². The molecule has 4 aromatic rings. The number of non-ortho nitro benzene ring substituents is 1. The zero-order chi connectivity index (χ0) is 28.2. The van der Waals surface area contributed by atoms with Gasteiger partial charge in [-0.15, -0.1) is 0 Å². The van der Waals surface area contributed by atoms with Crippen molar-refractivity contribution in [2.75, 3.05) is 11.9 Å². The van der Waals surface area contributed by atoms with Crippen molar-refractivity contribution in [2.45, 2.75) is 39.0 Å². The second kappa shape index (κ2) is 11.5. The zero-order valence-electron chi connectivity index (χ0n) is 22.3.